The molecule has 1 N–H and O–H groups in total. The number of quaternary nitrogens is 1. The Labute approximate surface area is 479 Å². The highest BCUT2D eigenvalue weighted by Crippen LogP contribution is 2.43. The van der Waals surface area contributed by atoms with Gasteiger partial charge < -0.3 is 18.9 Å². The second-order valence-electron chi connectivity index (χ2n) is 21.7. The number of rotatable bonds is 56. The molecule has 0 amide bonds. The molecule has 9 nitrogen and oxygen atoms in total. The van der Waals surface area contributed by atoms with Crippen LogP contribution in [0.2, 0.25) is 0 Å². The van der Waals surface area contributed by atoms with Crippen LogP contribution in [0.25, 0.3) is 0 Å². The number of likely N-dealkylation sites (N-methyl/N-ethyl adjacent to an activating group) is 1. The third-order valence-electron chi connectivity index (χ3n) is 13.0. The van der Waals surface area contributed by atoms with Crippen molar-refractivity contribution in [2.45, 2.75) is 251 Å². The fourth-order valence-corrected chi connectivity index (χ4v) is 9.03. The lowest BCUT2D eigenvalue weighted by molar-refractivity contribution is -0.870. The van der Waals surface area contributed by atoms with E-state index >= 15 is 0 Å². The summed E-state index contributed by atoms with van der Waals surface area (Å²) in [5, 5.41) is 0. The van der Waals surface area contributed by atoms with E-state index in [2.05, 4.69) is 117 Å². The normalized spacial score (nSPS) is 14.1. The van der Waals surface area contributed by atoms with Gasteiger partial charge in [-0.05, 0) is 83.5 Å². The largest absolute Gasteiger partial charge is 0.472 e. The third-order valence-corrected chi connectivity index (χ3v) is 14.0. The minimum atomic E-state index is -4.41. The molecule has 78 heavy (non-hydrogen) atoms. The van der Waals surface area contributed by atoms with Gasteiger partial charge in [-0.1, -0.05) is 270 Å². The van der Waals surface area contributed by atoms with Crippen molar-refractivity contribution in [1.82, 2.24) is 0 Å². The molecule has 0 aliphatic rings. The second kappa shape index (κ2) is 58.1. The number of esters is 2. The minimum absolute atomic E-state index is 0.0145. The van der Waals surface area contributed by atoms with E-state index in [0.29, 0.717) is 23.9 Å². The van der Waals surface area contributed by atoms with Crippen molar-refractivity contribution >= 4 is 19.8 Å². The molecule has 0 bridgehead atoms. The van der Waals surface area contributed by atoms with E-state index in [4.69, 9.17) is 18.5 Å². The van der Waals surface area contributed by atoms with Crippen LogP contribution in [0.3, 0.4) is 0 Å². The summed E-state index contributed by atoms with van der Waals surface area (Å²) in [5.41, 5.74) is 0. The summed E-state index contributed by atoms with van der Waals surface area (Å²) >= 11 is 0. The van der Waals surface area contributed by atoms with Crippen LogP contribution >= 0.6 is 7.82 Å². The average molecular weight is 1110 g/mol. The highest BCUT2D eigenvalue weighted by atomic mass is 31.2. The minimum Gasteiger partial charge on any atom is -0.461 e. The first-order valence-corrected chi connectivity index (χ1v) is 32.8. The number of phosphoric acid groups is 1. The Kier molecular flexibility index (Phi) is 55.4. The molecular formula is C68H117NO8P+. The first-order chi connectivity index (χ1) is 38.0. The summed E-state index contributed by atoms with van der Waals surface area (Å²) in [6, 6.07) is 0. The van der Waals surface area contributed by atoms with Gasteiger partial charge in [0.05, 0.1) is 34.2 Å². The van der Waals surface area contributed by atoms with Crippen LogP contribution in [-0.2, 0) is 32.7 Å². The first-order valence-electron chi connectivity index (χ1n) is 31.3. The van der Waals surface area contributed by atoms with E-state index < -0.39 is 32.5 Å². The molecule has 0 aliphatic carbocycles. The van der Waals surface area contributed by atoms with Crippen LogP contribution in [0.5, 0.6) is 0 Å². The maximum Gasteiger partial charge on any atom is 0.472 e. The standard InChI is InChI=1S/C68H116NO8P/c1-6-8-10-12-14-16-18-20-22-23-24-25-26-27-28-29-30-31-32-33-34-35-36-37-38-39-40-41-42-43-44-45-47-49-51-53-55-57-59-61-68(71)77-66(65-76-78(72,73)75-63-62-69(3,4)5)64-74-67(70)60-58-56-54-52-50-48-46-21-19-17-15-13-11-9-7-2/h8-11,14-17,20-22,24-25,27-28,46,50,52,56,58,66H,6-7,12-13,18-19,23,26,29-45,47-49,51,53-55,57,59-65H2,1-5H3/p+1/b10-8-,11-9-,16-14-,17-15-,22-20-,25-24-,28-27-,46-21-,52-50-,58-56-. The summed E-state index contributed by atoms with van der Waals surface area (Å²) in [7, 11) is 1.43. The Morgan fingerprint density at radius 3 is 1.09 bits per heavy atom. The van der Waals surface area contributed by atoms with E-state index in [1.165, 1.54) is 128 Å². The zero-order valence-corrected chi connectivity index (χ0v) is 51.5. The molecule has 0 aromatic carbocycles. The lowest BCUT2D eigenvalue weighted by Gasteiger charge is -2.24. The molecule has 10 heteroatoms. The van der Waals surface area contributed by atoms with Gasteiger partial charge in [0.2, 0.25) is 0 Å². The fraction of sp³-hybridized carbons (Fsp3) is 0.676. The number of phosphoric ester groups is 1. The van der Waals surface area contributed by atoms with Gasteiger partial charge in [-0.3, -0.25) is 18.6 Å². The zero-order chi connectivity index (χ0) is 57.0. The summed E-state index contributed by atoms with van der Waals surface area (Å²) in [6.07, 6.45) is 83.4. The van der Waals surface area contributed by atoms with Gasteiger partial charge in [-0.15, -0.1) is 0 Å². The van der Waals surface area contributed by atoms with Crippen LogP contribution in [0.1, 0.15) is 245 Å². The number of carbonyl (C=O) groups excluding carboxylic acids is 2. The van der Waals surface area contributed by atoms with E-state index in [9.17, 15) is 19.0 Å². The molecule has 0 rings (SSSR count). The van der Waals surface area contributed by atoms with Crippen LogP contribution in [0.15, 0.2) is 122 Å². The number of hydrogen-bond acceptors (Lipinski definition) is 7. The Morgan fingerprint density at radius 2 is 0.731 bits per heavy atom. The smallest absolute Gasteiger partial charge is 0.461 e. The van der Waals surface area contributed by atoms with Gasteiger partial charge in [0.1, 0.15) is 19.8 Å². The molecule has 2 unspecified atom stereocenters. The van der Waals surface area contributed by atoms with E-state index in [0.717, 1.165) is 77.0 Å². The van der Waals surface area contributed by atoms with Crippen molar-refractivity contribution in [3.8, 4) is 0 Å². The predicted molar refractivity (Wildman–Crippen MR) is 334 cm³/mol. The summed E-state index contributed by atoms with van der Waals surface area (Å²) in [6.45, 7) is 4.09. The van der Waals surface area contributed by atoms with Gasteiger partial charge in [-0.2, -0.15) is 0 Å². The Balaban J connectivity index is 3.99. The number of nitrogens with zero attached hydrogens (tertiary/aromatic N) is 1. The Morgan fingerprint density at radius 1 is 0.410 bits per heavy atom. The number of hydrogen-bond donors (Lipinski definition) is 1. The monoisotopic (exact) mass is 1110 g/mol. The van der Waals surface area contributed by atoms with Crippen molar-refractivity contribution in [3.05, 3.63) is 122 Å². The van der Waals surface area contributed by atoms with Crippen molar-refractivity contribution in [2.24, 2.45) is 0 Å². The van der Waals surface area contributed by atoms with Gasteiger partial charge in [0.25, 0.3) is 0 Å². The molecule has 0 aliphatic heterocycles. The SMILES string of the molecule is CC/C=C\C/C=C\C/C=C\C/C=C\C/C=C\CCCCCCCCCCCCCCCCCCCCCCCCCC(=O)OC(COC(=O)C/C=C\C/C=C\C/C=C\C/C=C\C/C=C\CC)COP(=O)(O)OCC[N+](C)(C)C. The van der Waals surface area contributed by atoms with Crippen molar-refractivity contribution < 1.29 is 42.1 Å². The van der Waals surface area contributed by atoms with Gasteiger partial charge >= 0.3 is 19.8 Å². The number of ether oxygens (including phenoxy) is 2. The number of carbonyl (C=O) groups is 2. The van der Waals surface area contributed by atoms with Crippen molar-refractivity contribution in [1.29, 1.82) is 0 Å². The topological polar surface area (TPSA) is 108 Å². The molecule has 0 heterocycles. The molecule has 0 saturated carbocycles. The zero-order valence-electron chi connectivity index (χ0n) is 50.6. The molecule has 0 radical (unpaired) electrons. The van der Waals surface area contributed by atoms with Crippen molar-refractivity contribution in [3.63, 3.8) is 0 Å². The molecule has 446 valence electrons. The Hall–Kier alpha value is -3.59. The first kappa shape index (κ1) is 74.4. The maximum atomic E-state index is 12.8. The second-order valence-corrected chi connectivity index (χ2v) is 23.2. The van der Waals surface area contributed by atoms with E-state index in [-0.39, 0.29) is 26.1 Å². The van der Waals surface area contributed by atoms with Crippen LogP contribution in [0, 0.1) is 0 Å². The molecule has 0 aromatic rings. The van der Waals surface area contributed by atoms with Crippen LogP contribution in [0.4, 0.5) is 0 Å². The Bertz CT molecular complexity index is 1730. The van der Waals surface area contributed by atoms with Crippen LogP contribution in [-0.4, -0.2) is 74.9 Å². The van der Waals surface area contributed by atoms with E-state index in [1.807, 2.05) is 33.3 Å². The molecular weight excluding hydrogens is 990 g/mol. The quantitative estimate of drug-likeness (QED) is 0.0211. The molecule has 0 fully saturated rings. The van der Waals surface area contributed by atoms with Crippen LogP contribution < -0.4 is 0 Å². The molecule has 0 aromatic heterocycles. The lowest BCUT2D eigenvalue weighted by Crippen LogP contribution is -2.37. The average Bonchev–Trinajstić information content (AvgIpc) is 3.41. The van der Waals surface area contributed by atoms with Crippen molar-refractivity contribution in [2.75, 3.05) is 47.5 Å². The number of unbranched alkanes of at least 4 members (excludes halogenated alkanes) is 23. The lowest BCUT2D eigenvalue weighted by atomic mass is 10.0. The number of allylic oxidation sites excluding steroid dienone is 19. The highest BCUT2D eigenvalue weighted by molar-refractivity contribution is 7.47. The third kappa shape index (κ3) is 61.6. The summed E-state index contributed by atoms with van der Waals surface area (Å²) in [5.74, 6) is -0.945. The predicted octanol–water partition coefficient (Wildman–Crippen LogP) is 19.9. The highest BCUT2D eigenvalue weighted by Gasteiger charge is 2.27. The van der Waals surface area contributed by atoms with E-state index in [1.54, 1.807) is 6.08 Å². The van der Waals surface area contributed by atoms with Gasteiger partial charge in [0, 0.05) is 6.42 Å². The van der Waals surface area contributed by atoms with Gasteiger partial charge in [-0.25, -0.2) is 4.57 Å². The molecule has 0 saturated heterocycles. The molecule has 0 spiro atoms. The molecule has 2 atom stereocenters. The summed E-state index contributed by atoms with van der Waals surface area (Å²) in [4.78, 5) is 35.6. The fourth-order valence-electron chi connectivity index (χ4n) is 8.29. The summed E-state index contributed by atoms with van der Waals surface area (Å²) < 4.78 is 34.4. The van der Waals surface area contributed by atoms with Gasteiger partial charge in [0.15, 0.2) is 6.10 Å². The maximum absolute atomic E-state index is 12.8.